The lowest BCUT2D eigenvalue weighted by atomic mass is 9.72. The van der Waals surface area contributed by atoms with Crippen LogP contribution in [0.3, 0.4) is 0 Å². The molecule has 3 atom stereocenters. The molecule has 0 aromatic heterocycles. The second-order valence-electron chi connectivity index (χ2n) is 11.0. The van der Waals surface area contributed by atoms with Crippen LogP contribution in [0, 0.1) is 10.8 Å². The number of nitrogens with zero attached hydrogens (tertiary/aromatic N) is 1. The van der Waals surface area contributed by atoms with E-state index in [0.717, 1.165) is 31.4 Å². The van der Waals surface area contributed by atoms with Gasteiger partial charge in [-0.1, -0.05) is 38.3 Å². The Morgan fingerprint density at radius 2 is 1.97 bits per heavy atom. The van der Waals surface area contributed by atoms with E-state index in [4.69, 9.17) is 22.7 Å². The smallest absolute Gasteiger partial charge is 0.252 e. The van der Waals surface area contributed by atoms with Gasteiger partial charge in [-0.25, -0.2) is 0 Å². The molecule has 0 bridgehead atoms. The van der Waals surface area contributed by atoms with Crippen molar-refractivity contribution >= 4 is 34.9 Å². The van der Waals surface area contributed by atoms with Crippen LogP contribution in [0.4, 0.5) is 0 Å². The summed E-state index contributed by atoms with van der Waals surface area (Å²) in [6.07, 6.45) is 5.95. The normalized spacial score (nSPS) is 28.8. The molecule has 1 aromatic carbocycles. The molecule has 1 aromatic rings. The highest BCUT2D eigenvalue weighted by molar-refractivity contribution is 6.30. The summed E-state index contributed by atoms with van der Waals surface area (Å²) in [6, 6.07) is 3.30. The minimum atomic E-state index is -0.807. The SMILES string of the molecule is CC1(C)CC(=O)C2=C(C1)NC1CCCCC1N1C(=N)C(C(N)=O)=C/C(=C(/O)c3cc(Cl)ccc3O)C21. The van der Waals surface area contributed by atoms with Crippen molar-refractivity contribution < 1.29 is 19.8 Å². The van der Waals surface area contributed by atoms with Crippen LogP contribution < -0.4 is 11.1 Å². The van der Waals surface area contributed by atoms with E-state index >= 15 is 0 Å². The van der Waals surface area contributed by atoms with Gasteiger partial charge in [0, 0.05) is 34.3 Å². The van der Waals surface area contributed by atoms with Gasteiger partial charge in [0.15, 0.2) is 5.78 Å². The molecule has 36 heavy (non-hydrogen) atoms. The second-order valence-corrected chi connectivity index (χ2v) is 11.4. The monoisotopic (exact) mass is 510 g/mol. The van der Waals surface area contributed by atoms with Crippen molar-refractivity contribution in [2.24, 2.45) is 11.1 Å². The Bertz CT molecular complexity index is 1280. The number of allylic oxidation sites excluding steroid dienone is 1. The molecule has 3 unspecified atom stereocenters. The number of phenolic OH excluding ortho intramolecular Hbond substituents is 1. The molecule has 2 aliphatic carbocycles. The second kappa shape index (κ2) is 8.69. The van der Waals surface area contributed by atoms with Crippen LogP contribution in [0.2, 0.25) is 5.02 Å². The summed E-state index contributed by atoms with van der Waals surface area (Å²) < 4.78 is 0. The summed E-state index contributed by atoms with van der Waals surface area (Å²) in [7, 11) is 0. The minimum Gasteiger partial charge on any atom is -0.507 e. The Hall–Kier alpha value is -3.26. The number of fused-ring (bicyclic) bond motifs is 4. The van der Waals surface area contributed by atoms with Gasteiger partial charge in [-0.3, -0.25) is 15.0 Å². The molecule has 4 aliphatic rings. The van der Waals surface area contributed by atoms with Gasteiger partial charge in [0.25, 0.3) is 5.91 Å². The quantitative estimate of drug-likeness (QED) is 0.382. The summed E-state index contributed by atoms with van der Waals surface area (Å²) in [5.41, 5.74) is 7.04. The number of aliphatic hydroxyl groups excluding tert-OH is 1. The van der Waals surface area contributed by atoms with E-state index in [0.29, 0.717) is 23.4 Å². The first-order chi connectivity index (χ1) is 17.0. The molecule has 0 spiro atoms. The number of hydrogen-bond acceptors (Lipinski definition) is 6. The summed E-state index contributed by atoms with van der Waals surface area (Å²) >= 11 is 6.17. The maximum absolute atomic E-state index is 13.7. The lowest BCUT2D eigenvalue weighted by Crippen LogP contribution is -2.58. The van der Waals surface area contributed by atoms with Crippen LogP contribution >= 0.6 is 11.6 Å². The number of Topliss-reactive ketones (excluding diaryl/α,β-unsaturated/α-hetero) is 1. The van der Waals surface area contributed by atoms with Crippen molar-refractivity contribution in [3.8, 4) is 5.75 Å². The Morgan fingerprint density at radius 1 is 1.25 bits per heavy atom. The average molecular weight is 511 g/mol. The van der Waals surface area contributed by atoms with E-state index < -0.39 is 11.9 Å². The predicted octanol–water partition coefficient (Wildman–Crippen LogP) is 3.95. The highest BCUT2D eigenvalue weighted by Crippen LogP contribution is 2.46. The Labute approximate surface area is 215 Å². The number of phenols is 1. The number of nitrogens with two attached hydrogens (primary N) is 1. The highest BCUT2D eigenvalue weighted by atomic mass is 35.5. The molecule has 9 heteroatoms. The number of primary amides is 1. The van der Waals surface area contributed by atoms with Crippen molar-refractivity contribution in [2.75, 3.05) is 0 Å². The van der Waals surface area contributed by atoms with Crippen molar-refractivity contribution in [3.63, 3.8) is 0 Å². The predicted molar refractivity (Wildman–Crippen MR) is 138 cm³/mol. The van der Waals surface area contributed by atoms with Crippen molar-refractivity contribution in [2.45, 2.75) is 70.5 Å². The molecule has 2 aliphatic heterocycles. The molecule has 2 heterocycles. The zero-order valence-electron chi connectivity index (χ0n) is 20.4. The molecule has 1 amide bonds. The number of halogens is 1. The number of carbonyl (C=O) groups is 2. The molecule has 0 saturated heterocycles. The first kappa shape index (κ1) is 24.4. The number of carbonyl (C=O) groups excluding carboxylic acids is 2. The zero-order chi connectivity index (χ0) is 25.9. The third-order valence-electron chi connectivity index (χ3n) is 7.78. The van der Waals surface area contributed by atoms with Gasteiger partial charge in [0.2, 0.25) is 0 Å². The number of amides is 1. The van der Waals surface area contributed by atoms with Gasteiger partial charge in [-0.15, -0.1) is 0 Å². The van der Waals surface area contributed by atoms with Gasteiger partial charge in [-0.2, -0.15) is 0 Å². The topological polar surface area (TPSA) is 140 Å². The van der Waals surface area contributed by atoms with Crippen LogP contribution in [0.25, 0.3) is 5.76 Å². The number of hydrogen-bond donors (Lipinski definition) is 5. The maximum atomic E-state index is 13.7. The van der Waals surface area contributed by atoms with E-state index in [-0.39, 0.29) is 57.3 Å². The van der Waals surface area contributed by atoms with Crippen LogP contribution in [0.1, 0.15) is 57.9 Å². The fourth-order valence-corrected chi connectivity index (χ4v) is 6.40. The summed E-state index contributed by atoms with van der Waals surface area (Å²) in [5.74, 6) is -1.42. The minimum absolute atomic E-state index is 0.0222. The van der Waals surface area contributed by atoms with Crippen molar-refractivity contribution in [3.05, 3.63) is 57.3 Å². The van der Waals surface area contributed by atoms with Gasteiger partial charge >= 0.3 is 0 Å². The van der Waals surface area contributed by atoms with Crippen molar-refractivity contribution in [1.29, 1.82) is 5.41 Å². The molecule has 6 N–H and O–H groups in total. The standard InChI is InChI=1S/C27H31ClN4O4/c1-27(2)11-18-22(21(34)12-27)23-15(24(35)14-9-13(28)7-8-20(14)33)10-16(26(30)36)25(29)32(23)19-6-4-3-5-17(19)31-18/h7-10,17,19,23,29,31,33,35H,3-6,11-12H2,1-2H3,(H2,30,36)/b24-15-,29-25?. The molecule has 0 radical (unpaired) electrons. The zero-order valence-corrected chi connectivity index (χ0v) is 21.2. The average Bonchev–Trinajstić information content (AvgIpc) is 2.94. The third-order valence-corrected chi connectivity index (χ3v) is 8.01. The van der Waals surface area contributed by atoms with Crippen molar-refractivity contribution in [1.82, 2.24) is 10.2 Å². The van der Waals surface area contributed by atoms with E-state index in [9.17, 15) is 19.8 Å². The number of rotatable bonds is 2. The maximum Gasteiger partial charge on any atom is 0.252 e. The Balaban J connectivity index is 1.82. The number of benzene rings is 1. The fourth-order valence-electron chi connectivity index (χ4n) is 6.23. The summed E-state index contributed by atoms with van der Waals surface area (Å²) in [6.45, 7) is 4.12. The summed E-state index contributed by atoms with van der Waals surface area (Å²) in [4.78, 5) is 28.0. The number of amidine groups is 1. The van der Waals surface area contributed by atoms with Gasteiger partial charge in [-0.05, 0) is 49.0 Å². The molecule has 1 fully saturated rings. The van der Waals surface area contributed by atoms with Gasteiger partial charge < -0.3 is 26.2 Å². The van der Waals surface area contributed by atoms with Crippen LogP contribution in [0.15, 0.2) is 46.7 Å². The molecular formula is C27H31ClN4O4. The lowest BCUT2D eigenvalue weighted by molar-refractivity contribution is -0.118. The van der Waals surface area contributed by atoms with E-state index in [1.54, 1.807) is 4.90 Å². The Morgan fingerprint density at radius 3 is 2.69 bits per heavy atom. The Kier molecular flexibility index (Phi) is 5.90. The molecule has 190 valence electrons. The van der Waals surface area contributed by atoms with Crippen LogP contribution in [-0.4, -0.2) is 50.8 Å². The molecule has 8 nitrogen and oxygen atoms in total. The first-order valence-corrected chi connectivity index (χ1v) is 12.7. The highest BCUT2D eigenvalue weighted by Gasteiger charge is 2.50. The first-order valence-electron chi connectivity index (χ1n) is 12.3. The number of aromatic hydroxyl groups is 1. The van der Waals surface area contributed by atoms with E-state index in [1.165, 1.54) is 24.3 Å². The molecule has 1 saturated carbocycles. The number of ketones is 1. The van der Waals surface area contributed by atoms with E-state index in [2.05, 4.69) is 19.2 Å². The fraction of sp³-hybridized carbons (Fsp3) is 0.444. The van der Waals surface area contributed by atoms with Gasteiger partial charge in [0.05, 0.1) is 23.2 Å². The largest absolute Gasteiger partial charge is 0.507 e. The molecular weight excluding hydrogens is 480 g/mol. The lowest BCUT2D eigenvalue weighted by Gasteiger charge is -2.46. The van der Waals surface area contributed by atoms with Crippen LogP contribution in [-0.2, 0) is 9.59 Å². The van der Waals surface area contributed by atoms with Gasteiger partial charge in [0.1, 0.15) is 17.3 Å². The summed E-state index contributed by atoms with van der Waals surface area (Å²) in [5, 5.41) is 35.1. The number of nitrogens with one attached hydrogen (secondary N) is 2. The molecule has 5 rings (SSSR count). The third kappa shape index (κ3) is 3.97. The number of aliphatic hydroxyl groups is 1. The van der Waals surface area contributed by atoms with E-state index in [1.807, 2.05) is 0 Å². The van der Waals surface area contributed by atoms with Crippen LogP contribution in [0.5, 0.6) is 5.75 Å².